The highest BCUT2D eigenvalue weighted by Crippen LogP contribution is 2.19. The first-order chi connectivity index (χ1) is 18.1. The van der Waals surface area contributed by atoms with Crippen molar-refractivity contribution in [2.24, 2.45) is 10.2 Å². The highest BCUT2D eigenvalue weighted by atomic mass is 35.5. The van der Waals surface area contributed by atoms with Crippen molar-refractivity contribution in [3.63, 3.8) is 0 Å². The first kappa shape index (κ1) is 27.5. The van der Waals surface area contributed by atoms with Gasteiger partial charge in [0.25, 0.3) is 11.5 Å². The number of carbonyl (C=O) groups is 1. The standard InChI is InChI=1S/C26H24ClN5O4S2/c1-17(19-8-10-20(27)11-9-19)30-31-24(33)16-37-26-29-23-5-3-2-4-22(23)25(34)32(26)15-14-18-6-12-21(13-7-18)38(28,35)36/h2-13H,14-16H2,1H3,(H,31,33)(H2,28,35,36)/b30-17+. The molecule has 0 bridgehead atoms. The number of benzene rings is 3. The molecule has 0 aliphatic carbocycles. The van der Waals surface area contributed by atoms with Gasteiger partial charge in [0.2, 0.25) is 10.0 Å². The molecule has 3 N–H and O–H groups in total. The summed E-state index contributed by atoms with van der Waals surface area (Å²) in [5.74, 6) is -0.360. The summed E-state index contributed by atoms with van der Waals surface area (Å²) in [6.45, 7) is 2.05. The molecule has 196 valence electrons. The number of nitrogens with one attached hydrogen (secondary N) is 1. The van der Waals surface area contributed by atoms with Crippen LogP contribution in [0.15, 0.2) is 92.7 Å². The fourth-order valence-corrected chi connectivity index (χ4v) is 5.07. The Morgan fingerprint density at radius 2 is 1.76 bits per heavy atom. The van der Waals surface area contributed by atoms with E-state index in [-0.39, 0.29) is 28.7 Å². The molecule has 1 amide bonds. The largest absolute Gasteiger partial charge is 0.287 e. The second kappa shape index (κ2) is 11.9. The Bertz CT molecular complexity index is 1670. The van der Waals surface area contributed by atoms with Crippen LogP contribution in [0.2, 0.25) is 5.02 Å². The Morgan fingerprint density at radius 1 is 1.08 bits per heavy atom. The number of primary sulfonamides is 1. The molecule has 1 heterocycles. The van der Waals surface area contributed by atoms with E-state index >= 15 is 0 Å². The maximum Gasteiger partial charge on any atom is 0.262 e. The van der Waals surface area contributed by atoms with Crippen LogP contribution in [0.25, 0.3) is 10.9 Å². The number of fused-ring (bicyclic) bond motifs is 1. The van der Waals surface area contributed by atoms with Crippen molar-refractivity contribution in [2.45, 2.75) is 29.9 Å². The van der Waals surface area contributed by atoms with Crippen LogP contribution >= 0.6 is 23.4 Å². The van der Waals surface area contributed by atoms with Gasteiger partial charge in [0.05, 0.1) is 27.3 Å². The smallest absolute Gasteiger partial charge is 0.262 e. The number of thioether (sulfide) groups is 1. The average Bonchev–Trinajstić information content (AvgIpc) is 2.90. The third-order valence-electron chi connectivity index (χ3n) is 5.65. The van der Waals surface area contributed by atoms with Gasteiger partial charge in [-0.05, 0) is 60.9 Å². The molecule has 38 heavy (non-hydrogen) atoms. The van der Waals surface area contributed by atoms with Gasteiger partial charge in [-0.2, -0.15) is 5.10 Å². The lowest BCUT2D eigenvalue weighted by Gasteiger charge is -2.13. The zero-order valence-electron chi connectivity index (χ0n) is 20.3. The number of hydrogen-bond acceptors (Lipinski definition) is 7. The summed E-state index contributed by atoms with van der Waals surface area (Å²) >= 11 is 7.05. The molecule has 0 atom stereocenters. The number of hydrogen-bond donors (Lipinski definition) is 2. The number of sulfonamides is 1. The van der Waals surface area contributed by atoms with Gasteiger partial charge in [-0.1, -0.05) is 59.8 Å². The van der Waals surface area contributed by atoms with E-state index in [0.717, 1.165) is 22.9 Å². The molecule has 0 aliphatic rings. The first-order valence-corrected chi connectivity index (χ1v) is 14.4. The zero-order valence-corrected chi connectivity index (χ0v) is 22.7. The van der Waals surface area contributed by atoms with Crippen molar-refractivity contribution in [3.05, 3.63) is 99.3 Å². The third-order valence-corrected chi connectivity index (χ3v) is 7.80. The zero-order chi connectivity index (χ0) is 27.3. The normalized spacial score (nSPS) is 12.0. The van der Waals surface area contributed by atoms with Crippen molar-refractivity contribution in [1.82, 2.24) is 15.0 Å². The fraction of sp³-hybridized carbons (Fsp3) is 0.154. The lowest BCUT2D eigenvalue weighted by atomic mass is 10.1. The van der Waals surface area contributed by atoms with E-state index in [1.807, 2.05) is 12.1 Å². The van der Waals surface area contributed by atoms with Crippen LogP contribution in [-0.2, 0) is 27.8 Å². The molecule has 4 rings (SSSR count). The molecule has 0 fully saturated rings. The van der Waals surface area contributed by atoms with Gasteiger partial charge in [-0.15, -0.1) is 0 Å². The number of halogens is 1. The van der Waals surface area contributed by atoms with E-state index < -0.39 is 10.0 Å². The monoisotopic (exact) mass is 569 g/mol. The number of carbonyl (C=O) groups excluding carboxylic acids is 1. The Morgan fingerprint density at radius 3 is 2.45 bits per heavy atom. The van der Waals surface area contributed by atoms with E-state index in [2.05, 4.69) is 15.5 Å². The van der Waals surface area contributed by atoms with E-state index in [4.69, 9.17) is 16.7 Å². The minimum Gasteiger partial charge on any atom is -0.287 e. The van der Waals surface area contributed by atoms with Gasteiger partial charge < -0.3 is 0 Å². The molecule has 4 aromatic rings. The number of aryl methyl sites for hydroxylation is 1. The van der Waals surface area contributed by atoms with Crippen LogP contribution in [0.1, 0.15) is 18.1 Å². The quantitative estimate of drug-likeness (QED) is 0.137. The number of hydrazone groups is 1. The van der Waals surface area contributed by atoms with Crippen molar-refractivity contribution >= 4 is 55.9 Å². The molecular weight excluding hydrogens is 546 g/mol. The Labute approximate surface area is 228 Å². The molecule has 0 radical (unpaired) electrons. The van der Waals surface area contributed by atoms with Gasteiger partial charge in [-0.3, -0.25) is 14.2 Å². The lowest BCUT2D eigenvalue weighted by Crippen LogP contribution is -2.26. The fourth-order valence-electron chi connectivity index (χ4n) is 3.61. The van der Waals surface area contributed by atoms with Gasteiger partial charge in [0, 0.05) is 11.6 Å². The number of amides is 1. The molecule has 12 heteroatoms. The molecule has 0 saturated heterocycles. The van der Waals surface area contributed by atoms with Crippen molar-refractivity contribution < 1.29 is 13.2 Å². The predicted octanol–water partition coefficient (Wildman–Crippen LogP) is 3.57. The van der Waals surface area contributed by atoms with Crippen LogP contribution in [0, 0.1) is 0 Å². The van der Waals surface area contributed by atoms with E-state index in [1.165, 1.54) is 16.7 Å². The van der Waals surface area contributed by atoms with Gasteiger partial charge in [-0.25, -0.2) is 24.0 Å². The minimum absolute atomic E-state index is 0.00870. The van der Waals surface area contributed by atoms with E-state index in [0.29, 0.717) is 33.2 Å². The third kappa shape index (κ3) is 6.87. The van der Waals surface area contributed by atoms with Crippen LogP contribution in [0.3, 0.4) is 0 Å². The van der Waals surface area contributed by atoms with Crippen LogP contribution in [-0.4, -0.2) is 35.3 Å². The van der Waals surface area contributed by atoms with Crippen molar-refractivity contribution in [1.29, 1.82) is 0 Å². The van der Waals surface area contributed by atoms with Crippen molar-refractivity contribution in [3.8, 4) is 0 Å². The minimum atomic E-state index is -3.79. The molecule has 9 nitrogen and oxygen atoms in total. The molecule has 1 aromatic heterocycles. The van der Waals surface area contributed by atoms with Crippen LogP contribution < -0.4 is 16.1 Å². The summed E-state index contributed by atoms with van der Waals surface area (Å²) in [5.41, 5.74) is 5.10. The predicted molar refractivity (Wildman–Crippen MR) is 150 cm³/mol. The number of aromatic nitrogens is 2. The topological polar surface area (TPSA) is 137 Å². The molecule has 3 aromatic carbocycles. The summed E-state index contributed by atoms with van der Waals surface area (Å²) in [4.78, 5) is 30.4. The molecular formula is C26H24ClN5O4S2. The second-order valence-corrected chi connectivity index (χ2v) is 11.3. The first-order valence-electron chi connectivity index (χ1n) is 11.4. The van der Waals surface area contributed by atoms with E-state index in [1.54, 1.807) is 55.5 Å². The summed E-state index contributed by atoms with van der Waals surface area (Å²) in [6.07, 6.45) is 0.440. The summed E-state index contributed by atoms with van der Waals surface area (Å²) in [7, 11) is -3.79. The number of para-hydroxylation sites is 1. The summed E-state index contributed by atoms with van der Waals surface area (Å²) in [5, 5.41) is 10.8. The number of nitrogens with two attached hydrogens (primary N) is 1. The van der Waals surface area contributed by atoms with E-state index in [9.17, 15) is 18.0 Å². The number of nitrogens with zero attached hydrogens (tertiary/aromatic N) is 3. The summed E-state index contributed by atoms with van der Waals surface area (Å²) in [6, 6.07) is 20.3. The average molecular weight is 570 g/mol. The lowest BCUT2D eigenvalue weighted by molar-refractivity contribution is -0.118. The Kier molecular flexibility index (Phi) is 8.62. The van der Waals surface area contributed by atoms with Gasteiger partial charge in [0.1, 0.15) is 0 Å². The van der Waals surface area contributed by atoms with Gasteiger partial charge >= 0.3 is 0 Å². The molecule has 0 spiro atoms. The Balaban J connectivity index is 1.50. The SMILES string of the molecule is C/C(=N\NC(=O)CSc1nc2ccccc2c(=O)n1CCc1ccc(S(N)(=O)=O)cc1)c1ccc(Cl)cc1. The highest BCUT2D eigenvalue weighted by Gasteiger charge is 2.14. The van der Waals surface area contributed by atoms with Gasteiger partial charge in [0.15, 0.2) is 5.16 Å². The Hall–Kier alpha value is -3.51. The maximum absolute atomic E-state index is 13.3. The van der Waals surface area contributed by atoms with Crippen LogP contribution in [0.4, 0.5) is 0 Å². The highest BCUT2D eigenvalue weighted by molar-refractivity contribution is 7.99. The number of rotatable bonds is 9. The van der Waals surface area contributed by atoms with Crippen LogP contribution in [0.5, 0.6) is 0 Å². The molecule has 0 aliphatic heterocycles. The summed E-state index contributed by atoms with van der Waals surface area (Å²) < 4.78 is 24.5. The maximum atomic E-state index is 13.3. The molecule has 0 saturated carbocycles. The second-order valence-electron chi connectivity index (χ2n) is 8.34. The molecule has 0 unspecified atom stereocenters. The van der Waals surface area contributed by atoms with Crippen molar-refractivity contribution in [2.75, 3.05) is 5.75 Å².